The van der Waals surface area contributed by atoms with Gasteiger partial charge in [-0.05, 0) is 61.0 Å². The number of piperidine rings is 1. The molecule has 2 aliphatic rings. The van der Waals surface area contributed by atoms with Gasteiger partial charge in [-0.3, -0.25) is 9.59 Å². The summed E-state index contributed by atoms with van der Waals surface area (Å²) in [5, 5.41) is 5.93. The van der Waals surface area contributed by atoms with E-state index in [1.54, 1.807) is 23.9 Å². The van der Waals surface area contributed by atoms with Gasteiger partial charge in [0.25, 0.3) is 5.56 Å². The summed E-state index contributed by atoms with van der Waals surface area (Å²) < 4.78 is 1.85. The van der Waals surface area contributed by atoms with Crippen molar-refractivity contribution >= 4 is 29.4 Å². The normalized spacial score (nSPS) is 20.0. The van der Waals surface area contributed by atoms with E-state index in [-0.39, 0.29) is 29.3 Å². The summed E-state index contributed by atoms with van der Waals surface area (Å²) in [4.78, 5) is 40.2. The lowest BCUT2D eigenvalue weighted by Gasteiger charge is -2.43. The Bertz CT molecular complexity index is 1050. The molecule has 1 fully saturated rings. The average molecular weight is 469 g/mol. The van der Waals surface area contributed by atoms with Gasteiger partial charge < -0.3 is 20.1 Å². The van der Waals surface area contributed by atoms with Gasteiger partial charge in [0, 0.05) is 43.0 Å². The quantitative estimate of drug-likeness (QED) is 0.653. The third-order valence-corrected chi connectivity index (χ3v) is 7.27. The molecule has 3 amide bonds. The summed E-state index contributed by atoms with van der Waals surface area (Å²) in [7, 11) is 0. The molecular weight excluding hydrogens is 436 g/mol. The Balaban J connectivity index is 1.42. The molecule has 3 atom stereocenters. The highest BCUT2D eigenvalue weighted by molar-refractivity contribution is 7.98. The van der Waals surface area contributed by atoms with E-state index in [1.165, 1.54) is 5.56 Å². The molecule has 2 aliphatic heterocycles. The highest BCUT2D eigenvalue weighted by Gasteiger charge is 2.37. The van der Waals surface area contributed by atoms with Crippen LogP contribution < -0.4 is 16.2 Å². The van der Waals surface area contributed by atoms with Gasteiger partial charge >= 0.3 is 6.03 Å². The van der Waals surface area contributed by atoms with Crippen LogP contribution in [0.2, 0.25) is 0 Å². The van der Waals surface area contributed by atoms with Gasteiger partial charge in [-0.1, -0.05) is 25.1 Å². The fourth-order valence-electron chi connectivity index (χ4n) is 4.86. The van der Waals surface area contributed by atoms with Gasteiger partial charge in [-0.15, -0.1) is 0 Å². The number of benzene rings is 1. The lowest BCUT2D eigenvalue weighted by molar-refractivity contribution is -0.118. The predicted octanol–water partition coefficient (Wildman–Crippen LogP) is 3.30. The number of carbonyl (C=O) groups is 2. The van der Waals surface area contributed by atoms with Gasteiger partial charge in [0.2, 0.25) is 5.91 Å². The molecule has 0 spiro atoms. The Labute approximate surface area is 198 Å². The Morgan fingerprint density at radius 3 is 2.64 bits per heavy atom. The van der Waals surface area contributed by atoms with Crippen LogP contribution in [-0.2, 0) is 17.8 Å². The number of anilines is 1. The highest BCUT2D eigenvalue weighted by Crippen LogP contribution is 2.34. The molecular formula is C25H32N4O3S. The first-order chi connectivity index (χ1) is 16.0. The van der Waals surface area contributed by atoms with Crippen molar-refractivity contribution in [1.82, 2.24) is 14.8 Å². The molecule has 7 nitrogen and oxygen atoms in total. The van der Waals surface area contributed by atoms with E-state index >= 15 is 0 Å². The second-order valence-corrected chi connectivity index (χ2v) is 9.91. The molecule has 1 aromatic carbocycles. The van der Waals surface area contributed by atoms with Crippen LogP contribution in [-0.4, -0.2) is 52.5 Å². The maximum absolute atomic E-state index is 13.2. The van der Waals surface area contributed by atoms with Crippen molar-refractivity contribution in [3.8, 4) is 0 Å². The number of hydrogen-bond acceptors (Lipinski definition) is 4. The number of pyridine rings is 1. The fourth-order valence-corrected chi connectivity index (χ4v) is 5.33. The second kappa shape index (κ2) is 10.5. The van der Waals surface area contributed by atoms with E-state index < -0.39 is 6.04 Å². The number of thioether (sulfide) groups is 1. The zero-order chi connectivity index (χ0) is 23.4. The molecule has 1 aromatic heterocycles. The fraction of sp³-hybridized carbons (Fsp3) is 0.480. The second-order valence-electron chi connectivity index (χ2n) is 8.93. The number of likely N-dealkylation sites (tertiary alicyclic amines) is 1. The van der Waals surface area contributed by atoms with Gasteiger partial charge in [0.15, 0.2) is 0 Å². The molecule has 8 heteroatoms. The van der Waals surface area contributed by atoms with Crippen LogP contribution in [0.3, 0.4) is 0 Å². The zero-order valence-corrected chi connectivity index (χ0v) is 20.1. The zero-order valence-electron chi connectivity index (χ0n) is 19.3. The Hall–Kier alpha value is -2.74. The standard InChI is InChI=1S/C25H32N4O3S/c1-3-17-7-9-20(10-8-17)26-24(31)21(11-12-33-2)27-25(32)28-14-18-13-19(16-28)22-5-4-6-23(30)29(22)15-18/h4-10,18-19,21H,3,11-16H2,1-2H3,(H,26,31)(H,27,32)/t18-,19+,21-/m0/s1. The van der Waals surface area contributed by atoms with E-state index in [9.17, 15) is 14.4 Å². The number of nitrogens with one attached hydrogen (secondary N) is 2. The summed E-state index contributed by atoms with van der Waals surface area (Å²) in [5.74, 6) is 0.968. The topological polar surface area (TPSA) is 83.4 Å². The summed E-state index contributed by atoms with van der Waals surface area (Å²) in [5.41, 5.74) is 2.97. The van der Waals surface area contributed by atoms with Crippen LogP contribution in [0.25, 0.3) is 0 Å². The van der Waals surface area contributed by atoms with Crippen LogP contribution in [0.5, 0.6) is 0 Å². The molecule has 33 heavy (non-hydrogen) atoms. The summed E-state index contributed by atoms with van der Waals surface area (Å²) in [6.07, 6.45) is 4.48. The molecule has 2 bridgehead atoms. The van der Waals surface area contributed by atoms with Crippen molar-refractivity contribution in [2.45, 2.75) is 44.7 Å². The maximum Gasteiger partial charge on any atom is 0.318 e. The molecule has 4 rings (SSSR count). The van der Waals surface area contributed by atoms with E-state index in [0.29, 0.717) is 26.1 Å². The molecule has 2 N–H and O–H groups in total. The molecule has 0 unspecified atom stereocenters. The number of aryl methyl sites for hydroxylation is 1. The lowest BCUT2D eigenvalue weighted by atomic mass is 9.83. The number of fused-ring (bicyclic) bond motifs is 4. The number of amides is 3. The van der Waals surface area contributed by atoms with E-state index in [2.05, 4.69) is 17.6 Å². The highest BCUT2D eigenvalue weighted by atomic mass is 32.2. The Morgan fingerprint density at radius 2 is 1.91 bits per heavy atom. The molecule has 2 aromatic rings. The average Bonchev–Trinajstić information content (AvgIpc) is 2.82. The minimum Gasteiger partial charge on any atom is -0.326 e. The van der Waals surface area contributed by atoms with Gasteiger partial charge in [0.1, 0.15) is 6.04 Å². The first kappa shape index (κ1) is 23.4. The maximum atomic E-state index is 13.2. The number of urea groups is 1. The van der Waals surface area contributed by atoms with Crippen molar-refractivity contribution in [1.29, 1.82) is 0 Å². The van der Waals surface area contributed by atoms with E-state index in [4.69, 9.17) is 0 Å². The van der Waals surface area contributed by atoms with Crippen LogP contribution in [0.1, 0.15) is 36.9 Å². The number of carbonyl (C=O) groups excluding carboxylic acids is 2. The minimum absolute atomic E-state index is 0.0286. The summed E-state index contributed by atoms with van der Waals surface area (Å²) >= 11 is 1.65. The van der Waals surface area contributed by atoms with E-state index in [1.807, 2.05) is 46.1 Å². The van der Waals surface area contributed by atoms with Gasteiger partial charge in [-0.25, -0.2) is 4.79 Å². The van der Waals surface area contributed by atoms with Crippen molar-refractivity contribution in [3.63, 3.8) is 0 Å². The summed E-state index contributed by atoms with van der Waals surface area (Å²) in [6, 6.07) is 12.4. The summed E-state index contributed by atoms with van der Waals surface area (Å²) in [6.45, 7) is 3.88. The largest absolute Gasteiger partial charge is 0.326 e. The molecule has 0 radical (unpaired) electrons. The van der Waals surface area contributed by atoms with Gasteiger partial charge in [-0.2, -0.15) is 11.8 Å². The van der Waals surface area contributed by atoms with Crippen molar-refractivity contribution in [2.24, 2.45) is 5.92 Å². The molecule has 1 saturated heterocycles. The first-order valence-electron chi connectivity index (χ1n) is 11.6. The molecule has 0 saturated carbocycles. The first-order valence-corrected chi connectivity index (χ1v) is 13.0. The third-order valence-electron chi connectivity index (χ3n) is 6.62. The monoisotopic (exact) mass is 468 g/mol. The van der Waals surface area contributed by atoms with Crippen LogP contribution >= 0.6 is 11.8 Å². The minimum atomic E-state index is -0.604. The SMILES string of the molecule is CCc1ccc(NC(=O)[C@H](CCSC)NC(=O)N2C[C@@H]3C[C@H](C2)c2cccc(=O)n2C3)cc1. The van der Waals surface area contributed by atoms with Crippen molar-refractivity contribution in [3.05, 3.63) is 64.1 Å². The van der Waals surface area contributed by atoms with E-state index in [0.717, 1.165) is 30.0 Å². The number of hydrogen-bond donors (Lipinski definition) is 2. The van der Waals surface area contributed by atoms with Crippen LogP contribution in [0, 0.1) is 5.92 Å². The molecule has 176 valence electrons. The molecule has 3 heterocycles. The van der Waals surface area contributed by atoms with Crippen LogP contribution in [0.15, 0.2) is 47.3 Å². The van der Waals surface area contributed by atoms with Crippen LogP contribution in [0.4, 0.5) is 10.5 Å². The number of aromatic nitrogens is 1. The van der Waals surface area contributed by atoms with Crippen molar-refractivity contribution in [2.75, 3.05) is 30.4 Å². The Morgan fingerprint density at radius 1 is 1.12 bits per heavy atom. The Kier molecular flexibility index (Phi) is 7.42. The smallest absolute Gasteiger partial charge is 0.318 e. The van der Waals surface area contributed by atoms with Crippen molar-refractivity contribution < 1.29 is 9.59 Å². The molecule has 0 aliphatic carbocycles. The van der Waals surface area contributed by atoms with Gasteiger partial charge in [0.05, 0.1) is 0 Å². The lowest BCUT2D eigenvalue weighted by Crippen LogP contribution is -2.55. The predicted molar refractivity (Wildman–Crippen MR) is 133 cm³/mol. The number of rotatable bonds is 7. The number of nitrogens with zero attached hydrogens (tertiary/aromatic N) is 2. The third kappa shape index (κ3) is 5.43.